The van der Waals surface area contributed by atoms with Gasteiger partial charge in [0.25, 0.3) is 0 Å². The van der Waals surface area contributed by atoms with Gasteiger partial charge in [0.15, 0.2) is 0 Å². The summed E-state index contributed by atoms with van der Waals surface area (Å²) in [7, 11) is 1.76. The molecular weight excluding hydrogens is 238 g/mol. The summed E-state index contributed by atoms with van der Waals surface area (Å²) in [5, 5.41) is 2.96. The maximum atomic E-state index is 12.3. The van der Waals surface area contributed by atoms with E-state index in [0.29, 0.717) is 5.56 Å². The average Bonchev–Trinajstić information content (AvgIpc) is 2.39. The van der Waals surface area contributed by atoms with E-state index in [1.54, 1.807) is 43.7 Å². The number of nitrogens with one attached hydrogen (secondary N) is 1. The first-order valence-corrected chi connectivity index (χ1v) is 5.37. The second kappa shape index (κ2) is 5.44. The van der Waals surface area contributed by atoms with Crippen LogP contribution in [0.15, 0.2) is 42.7 Å². The Bertz CT molecular complexity index is 518. The SMILES string of the molecule is CNc1ccc(OC(F)F)c(-c2ccncc2)c1. The van der Waals surface area contributed by atoms with Crippen molar-refractivity contribution in [2.75, 3.05) is 12.4 Å². The molecule has 0 aliphatic heterocycles. The molecule has 0 bridgehead atoms. The van der Waals surface area contributed by atoms with E-state index >= 15 is 0 Å². The Hall–Kier alpha value is -2.17. The fourth-order valence-corrected chi connectivity index (χ4v) is 1.64. The Balaban J connectivity index is 2.47. The van der Waals surface area contributed by atoms with E-state index in [0.717, 1.165) is 11.3 Å². The predicted molar refractivity (Wildman–Crippen MR) is 65.9 cm³/mol. The summed E-state index contributed by atoms with van der Waals surface area (Å²) in [6, 6.07) is 8.45. The van der Waals surface area contributed by atoms with Gasteiger partial charge in [-0.3, -0.25) is 4.98 Å². The van der Waals surface area contributed by atoms with Gasteiger partial charge in [-0.2, -0.15) is 8.78 Å². The van der Waals surface area contributed by atoms with Crippen LogP contribution in [0.1, 0.15) is 0 Å². The van der Waals surface area contributed by atoms with Crippen molar-refractivity contribution in [2.24, 2.45) is 0 Å². The number of hydrogen-bond acceptors (Lipinski definition) is 3. The Morgan fingerprint density at radius 1 is 1.17 bits per heavy atom. The van der Waals surface area contributed by atoms with Crippen molar-refractivity contribution < 1.29 is 13.5 Å². The molecule has 1 N–H and O–H groups in total. The summed E-state index contributed by atoms with van der Waals surface area (Å²) in [6.45, 7) is -2.84. The lowest BCUT2D eigenvalue weighted by molar-refractivity contribution is -0.0494. The van der Waals surface area contributed by atoms with Crippen LogP contribution in [0.3, 0.4) is 0 Å². The Morgan fingerprint density at radius 2 is 1.89 bits per heavy atom. The average molecular weight is 250 g/mol. The van der Waals surface area contributed by atoms with Gasteiger partial charge in [0.05, 0.1) is 0 Å². The normalized spacial score (nSPS) is 10.4. The zero-order chi connectivity index (χ0) is 13.0. The molecule has 1 heterocycles. The molecule has 2 aromatic rings. The first kappa shape index (κ1) is 12.3. The van der Waals surface area contributed by atoms with Crippen LogP contribution in [-0.2, 0) is 0 Å². The molecule has 0 spiro atoms. The van der Waals surface area contributed by atoms with E-state index in [1.807, 2.05) is 0 Å². The van der Waals surface area contributed by atoms with Gasteiger partial charge >= 0.3 is 6.61 Å². The van der Waals surface area contributed by atoms with Crippen LogP contribution in [0.2, 0.25) is 0 Å². The Kier molecular flexibility index (Phi) is 3.72. The fourth-order valence-electron chi connectivity index (χ4n) is 1.64. The molecule has 2 rings (SSSR count). The maximum Gasteiger partial charge on any atom is 0.387 e. The predicted octanol–water partition coefficient (Wildman–Crippen LogP) is 3.39. The summed E-state index contributed by atoms with van der Waals surface area (Å²) in [4.78, 5) is 3.90. The molecule has 0 saturated heterocycles. The topological polar surface area (TPSA) is 34.1 Å². The zero-order valence-electron chi connectivity index (χ0n) is 9.73. The number of pyridine rings is 1. The van der Waals surface area contributed by atoms with Gasteiger partial charge in [-0.25, -0.2) is 0 Å². The summed E-state index contributed by atoms with van der Waals surface area (Å²) >= 11 is 0. The van der Waals surface area contributed by atoms with E-state index in [2.05, 4.69) is 15.0 Å². The molecule has 5 heteroatoms. The molecule has 0 radical (unpaired) electrons. The molecule has 0 unspecified atom stereocenters. The number of aromatic nitrogens is 1. The van der Waals surface area contributed by atoms with Crippen LogP contribution < -0.4 is 10.1 Å². The molecule has 0 aliphatic carbocycles. The standard InChI is InChI=1S/C13H12F2N2O/c1-16-10-2-3-12(18-13(14)15)11(8-10)9-4-6-17-7-5-9/h2-8,13,16H,1H3. The van der Waals surface area contributed by atoms with Crippen molar-refractivity contribution in [3.05, 3.63) is 42.7 Å². The molecule has 3 nitrogen and oxygen atoms in total. The van der Waals surface area contributed by atoms with Gasteiger partial charge in [0.2, 0.25) is 0 Å². The molecule has 94 valence electrons. The minimum Gasteiger partial charge on any atom is -0.434 e. The van der Waals surface area contributed by atoms with Gasteiger partial charge < -0.3 is 10.1 Å². The van der Waals surface area contributed by atoms with Gasteiger partial charge in [-0.05, 0) is 35.9 Å². The summed E-state index contributed by atoms with van der Waals surface area (Å²) in [5.41, 5.74) is 2.20. The smallest absolute Gasteiger partial charge is 0.387 e. The van der Waals surface area contributed by atoms with E-state index in [-0.39, 0.29) is 5.75 Å². The number of anilines is 1. The zero-order valence-corrected chi connectivity index (χ0v) is 9.73. The van der Waals surface area contributed by atoms with Crippen molar-refractivity contribution >= 4 is 5.69 Å². The second-order valence-corrected chi connectivity index (χ2v) is 3.58. The lowest BCUT2D eigenvalue weighted by atomic mass is 10.1. The van der Waals surface area contributed by atoms with Crippen LogP contribution in [0.4, 0.5) is 14.5 Å². The van der Waals surface area contributed by atoms with E-state index in [9.17, 15) is 8.78 Å². The summed E-state index contributed by atoms with van der Waals surface area (Å²) in [6.07, 6.45) is 3.21. The first-order chi connectivity index (χ1) is 8.70. The molecule has 0 amide bonds. The molecular formula is C13H12F2N2O. The van der Waals surface area contributed by atoms with Crippen LogP contribution in [0, 0.1) is 0 Å². The maximum absolute atomic E-state index is 12.3. The van der Waals surface area contributed by atoms with E-state index in [1.165, 1.54) is 6.07 Å². The molecule has 0 aliphatic rings. The van der Waals surface area contributed by atoms with Crippen molar-refractivity contribution in [1.29, 1.82) is 0 Å². The third-order valence-electron chi connectivity index (χ3n) is 2.48. The monoisotopic (exact) mass is 250 g/mol. The molecule has 0 atom stereocenters. The van der Waals surface area contributed by atoms with Crippen molar-refractivity contribution in [1.82, 2.24) is 4.98 Å². The molecule has 0 fully saturated rings. The third kappa shape index (κ3) is 2.74. The van der Waals surface area contributed by atoms with Crippen molar-refractivity contribution in [3.8, 4) is 16.9 Å². The number of hydrogen-bond donors (Lipinski definition) is 1. The number of ether oxygens (including phenoxy) is 1. The number of rotatable bonds is 4. The highest BCUT2D eigenvalue weighted by atomic mass is 19.3. The summed E-state index contributed by atoms with van der Waals surface area (Å²) in [5.74, 6) is 0.148. The number of nitrogens with zero attached hydrogens (tertiary/aromatic N) is 1. The second-order valence-electron chi connectivity index (χ2n) is 3.58. The molecule has 18 heavy (non-hydrogen) atoms. The minimum atomic E-state index is -2.84. The highest BCUT2D eigenvalue weighted by molar-refractivity contribution is 5.74. The fraction of sp³-hybridized carbons (Fsp3) is 0.154. The quantitative estimate of drug-likeness (QED) is 0.903. The molecule has 1 aromatic carbocycles. The number of halogens is 2. The molecule has 1 aromatic heterocycles. The summed E-state index contributed by atoms with van der Waals surface area (Å²) < 4.78 is 29.2. The highest BCUT2D eigenvalue weighted by Crippen LogP contribution is 2.33. The lowest BCUT2D eigenvalue weighted by Gasteiger charge is -2.12. The van der Waals surface area contributed by atoms with E-state index in [4.69, 9.17) is 0 Å². The van der Waals surface area contributed by atoms with Crippen molar-refractivity contribution in [3.63, 3.8) is 0 Å². The number of alkyl halides is 2. The van der Waals surface area contributed by atoms with Crippen LogP contribution in [0.25, 0.3) is 11.1 Å². The third-order valence-corrected chi connectivity index (χ3v) is 2.48. The Labute approximate surface area is 103 Å². The Morgan fingerprint density at radius 3 is 2.50 bits per heavy atom. The number of benzene rings is 1. The van der Waals surface area contributed by atoms with E-state index < -0.39 is 6.61 Å². The first-order valence-electron chi connectivity index (χ1n) is 5.37. The minimum absolute atomic E-state index is 0.148. The van der Waals surface area contributed by atoms with Crippen LogP contribution >= 0.6 is 0 Å². The molecule has 0 saturated carbocycles. The van der Waals surface area contributed by atoms with Crippen LogP contribution in [-0.4, -0.2) is 18.6 Å². The van der Waals surface area contributed by atoms with Gasteiger partial charge in [0.1, 0.15) is 5.75 Å². The van der Waals surface area contributed by atoms with Gasteiger partial charge in [0, 0.05) is 30.7 Å². The highest BCUT2D eigenvalue weighted by Gasteiger charge is 2.11. The van der Waals surface area contributed by atoms with Gasteiger partial charge in [-0.1, -0.05) is 0 Å². The van der Waals surface area contributed by atoms with Gasteiger partial charge in [-0.15, -0.1) is 0 Å². The largest absolute Gasteiger partial charge is 0.434 e. The van der Waals surface area contributed by atoms with Crippen LogP contribution in [0.5, 0.6) is 5.75 Å². The van der Waals surface area contributed by atoms with Crippen molar-refractivity contribution in [2.45, 2.75) is 6.61 Å². The lowest BCUT2D eigenvalue weighted by Crippen LogP contribution is -2.03.